The molecule has 1 aromatic heterocycles. The highest BCUT2D eigenvalue weighted by Crippen LogP contribution is 2.18. The number of thiazole rings is 1. The minimum atomic E-state index is 0.543. The molecular formula is C14H18N2OS. The molecule has 1 heterocycles. The van der Waals surface area contributed by atoms with Gasteiger partial charge in [0.1, 0.15) is 17.4 Å². The van der Waals surface area contributed by atoms with E-state index in [2.05, 4.69) is 29.4 Å². The lowest BCUT2D eigenvalue weighted by molar-refractivity contribution is 0.305. The van der Waals surface area contributed by atoms with Crippen LogP contribution < -0.4 is 10.1 Å². The van der Waals surface area contributed by atoms with Crippen molar-refractivity contribution in [1.29, 1.82) is 0 Å². The van der Waals surface area contributed by atoms with Crippen LogP contribution in [0, 0.1) is 0 Å². The minimum absolute atomic E-state index is 0.543. The van der Waals surface area contributed by atoms with Crippen LogP contribution in [0.15, 0.2) is 30.5 Å². The molecule has 0 aliphatic rings. The second-order valence-corrected chi connectivity index (χ2v) is 5.24. The van der Waals surface area contributed by atoms with E-state index < -0.39 is 0 Å². The summed E-state index contributed by atoms with van der Waals surface area (Å²) in [7, 11) is 1.94. The van der Waals surface area contributed by atoms with Gasteiger partial charge in [0.15, 0.2) is 0 Å². The van der Waals surface area contributed by atoms with Crippen LogP contribution in [-0.2, 0) is 19.6 Å². The lowest BCUT2D eigenvalue weighted by Crippen LogP contribution is -2.02. The van der Waals surface area contributed by atoms with Crippen LogP contribution >= 0.6 is 11.3 Å². The van der Waals surface area contributed by atoms with E-state index in [4.69, 9.17) is 4.74 Å². The van der Waals surface area contributed by atoms with Crippen molar-refractivity contribution in [1.82, 2.24) is 10.3 Å². The number of nitrogens with one attached hydrogen (secondary N) is 1. The molecule has 0 unspecified atom stereocenters. The van der Waals surface area contributed by atoms with Gasteiger partial charge in [0.25, 0.3) is 0 Å². The number of benzene rings is 1. The Bertz CT molecular complexity index is 496. The van der Waals surface area contributed by atoms with Crippen LogP contribution in [-0.4, -0.2) is 12.0 Å². The molecule has 4 heteroatoms. The Balaban J connectivity index is 1.93. The van der Waals surface area contributed by atoms with E-state index in [-0.39, 0.29) is 0 Å². The molecule has 0 fully saturated rings. The maximum absolute atomic E-state index is 5.75. The zero-order valence-electron chi connectivity index (χ0n) is 10.8. The third kappa shape index (κ3) is 3.55. The summed E-state index contributed by atoms with van der Waals surface area (Å²) in [5, 5.41) is 4.13. The highest BCUT2D eigenvalue weighted by Gasteiger charge is 2.02. The van der Waals surface area contributed by atoms with E-state index in [0.29, 0.717) is 6.61 Å². The van der Waals surface area contributed by atoms with Crippen LogP contribution in [0.4, 0.5) is 0 Å². The molecule has 0 aliphatic carbocycles. The Kier molecular flexibility index (Phi) is 4.73. The van der Waals surface area contributed by atoms with Gasteiger partial charge in [0, 0.05) is 17.6 Å². The molecule has 1 N–H and O–H groups in total. The molecule has 2 aromatic rings. The zero-order chi connectivity index (χ0) is 12.8. The molecule has 0 amide bonds. The summed E-state index contributed by atoms with van der Waals surface area (Å²) >= 11 is 1.69. The molecule has 0 saturated carbocycles. The van der Waals surface area contributed by atoms with E-state index >= 15 is 0 Å². The summed E-state index contributed by atoms with van der Waals surface area (Å²) in [5.74, 6) is 0.916. The lowest BCUT2D eigenvalue weighted by atomic mass is 10.2. The molecule has 18 heavy (non-hydrogen) atoms. The molecule has 96 valence electrons. The fourth-order valence-electron chi connectivity index (χ4n) is 1.67. The summed E-state index contributed by atoms with van der Waals surface area (Å²) in [5.41, 5.74) is 1.29. The first-order chi connectivity index (χ1) is 8.81. The first-order valence-corrected chi connectivity index (χ1v) is 6.93. The summed E-state index contributed by atoms with van der Waals surface area (Å²) in [4.78, 5) is 5.58. The first kappa shape index (κ1) is 13.1. The summed E-state index contributed by atoms with van der Waals surface area (Å²) in [6.07, 6.45) is 2.93. The smallest absolute Gasteiger partial charge is 0.140 e. The molecule has 2 rings (SSSR count). The van der Waals surface area contributed by atoms with E-state index in [1.54, 1.807) is 11.3 Å². The van der Waals surface area contributed by atoms with Gasteiger partial charge < -0.3 is 10.1 Å². The number of aryl methyl sites for hydroxylation is 1. The SMILES string of the molecule is CCc1cccc(OCc2ncc(CNC)s2)c1. The van der Waals surface area contributed by atoms with Crippen molar-refractivity contribution in [2.45, 2.75) is 26.5 Å². The standard InChI is InChI=1S/C14H18N2OS/c1-3-11-5-4-6-12(7-11)17-10-14-16-9-13(18-14)8-15-2/h4-7,9,15H,3,8,10H2,1-2H3. The van der Waals surface area contributed by atoms with E-state index in [0.717, 1.165) is 23.7 Å². The second-order valence-electron chi connectivity index (χ2n) is 4.04. The topological polar surface area (TPSA) is 34.1 Å². The Morgan fingerprint density at radius 3 is 3.06 bits per heavy atom. The largest absolute Gasteiger partial charge is 0.486 e. The Morgan fingerprint density at radius 1 is 1.39 bits per heavy atom. The highest BCUT2D eigenvalue weighted by atomic mass is 32.1. The predicted octanol–water partition coefficient (Wildman–Crippen LogP) is 3.00. The van der Waals surface area contributed by atoms with Gasteiger partial charge in [0.05, 0.1) is 0 Å². The quantitative estimate of drug-likeness (QED) is 0.869. The molecule has 0 aliphatic heterocycles. The second kappa shape index (κ2) is 6.52. The van der Waals surface area contributed by atoms with Crippen LogP contribution in [0.5, 0.6) is 5.75 Å². The van der Waals surface area contributed by atoms with Crippen molar-refractivity contribution in [3.8, 4) is 5.75 Å². The molecule has 0 spiro atoms. The molecule has 0 radical (unpaired) electrons. The van der Waals surface area contributed by atoms with Crippen molar-refractivity contribution in [3.05, 3.63) is 45.9 Å². The Morgan fingerprint density at radius 2 is 2.28 bits per heavy atom. The van der Waals surface area contributed by atoms with Gasteiger partial charge in [-0.3, -0.25) is 0 Å². The van der Waals surface area contributed by atoms with Crippen molar-refractivity contribution < 1.29 is 4.74 Å². The van der Waals surface area contributed by atoms with Gasteiger partial charge in [-0.25, -0.2) is 4.98 Å². The zero-order valence-corrected chi connectivity index (χ0v) is 11.6. The molecular weight excluding hydrogens is 244 g/mol. The molecule has 1 aromatic carbocycles. The van der Waals surface area contributed by atoms with Gasteiger partial charge in [0.2, 0.25) is 0 Å². The fourth-order valence-corrected chi connectivity index (χ4v) is 2.52. The molecule has 0 atom stereocenters. The number of rotatable bonds is 6. The van der Waals surface area contributed by atoms with Gasteiger partial charge >= 0.3 is 0 Å². The molecule has 0 bridgehead atoms. The van der Waals surface area contributed by atoms with Crippen molar-refractivity contribution in [2.75, 3.05) is 7.05 Å². The lowest BCUT2D eigenvalue weighted by Gasteiger charge is -2.05. The van der Waals surface area contributed by atoms with Crippen LogP contribution in [0.2, 0.25) is 0 Å². The van der Waals surface area contributed by atoms with Crippen molar-refractivity contribution >= 4 is 11.3 Å². The average molecular weight is 262 g/mol. The number of aromatic nitrogens is 1. The van der Waals surface area contributed by atoms with Crippen LogP contribution in [0.3, 0.4) is 0 Å². The van der Waals surface area contributed by atoms with Gasteiger partial charge in [-0.2, -0.15) is 0 Å². The van der Waals surface area contributed by atoms with E-state index in [9.17, 15) is 0 Å². The monoisotopic (exact) mass is 262 g/mol. The first-order valence-electron chi connectivity index (χ1n) is 6.11. The van der Waals surface area contributed by atoms with E-state index in [1.165, 1.54) is 10.4 Å². The Hall–Kier alpha value is -1.39. The highest BCUT2D eigenvalue weighted by molar-refractivity contribution is 7.11. The van der Waals surface area contributed by atoms with Crippen LogP contribution in [0.1, 0.15) is 22.4 Å². The van der Waals surface area contributed by atoms with Crippen molar-refractivity contribution in [2.24, 2.45) is 0 Å². The van der Waals surface area contributed by atoms with Crippen molar-refractivity contribution in [3.63, 3.8) is 0 Å². The predicted molar refractivity (Wildman–Crippen MR) is 75.0 cm³/mol. The minimum Gasteiger partial charge on any atom is -0.486 e. The van der Waals surface area contributed by atoms with Gasteiger partial charge in [-0.1, -0.05) is 19.1 Å². The molecule has 3 nitrogen and oxygen atoms in total. The fraction of sp³-hybridized carbons (Fsp3) is 0.357. The maximum Gasteiger partial charge on any atom is 0.140 e. The van der Waals surface area contributed by atoms with Gasteiger partial charge in [-0.05, 0) is 31.2 Å². The summed E-state index contributed by atoms with van der Waals surface area (Å²) < 4.78 is 5.75. The summed E-state index contributed by atoms with van der Waals surface area (Å²) in [6.45, 7) is 3.55. The maximum atomic E-state index is 5.75. The van der Waals surface area contributed by atoms with E-state index in [1.807, 2.05) is 25.4 Å². The third-order valence-electron chi connectivity index (χ3n) is 2.62. The third-order valence-corrected chi connectivity index (χ3v) is 3.59. The average Bonchev–Trinajstić information content (AvgIpc) is 2.85. The van der Waals surface area contributed by atoms with Crippen LogP contribution in [0.25, 0.3) is 0 Å². The van der Waals surface area contributed by atoms with Gasteiger partial charge in [-0.15, -0.1) is 11.3 Å². The number of ether oxygens (including phenoxy) is 1. The summed E-state index contributed by atoms with van der Waals surface area (Å²) in [6, 6.07) is 8.22. The molecule has 0 saturated heterocycles. The number of hydrogen-bond donors (Lipinski definition) is 1. The number of nitrogens with zero attached hydrogens (tertiary/aromatic N) is 1. The normalized spacial score (nSPS) is 10.6. The number of hydrogen-bond acceptors (Lipinski definition) is 4. The Labute approximate surface area is 112 Å².